The largest absolute Gasteiger partial charge is 0.318 e. The molecule has 0 aromatic rings. The Hall–Kier alpha value is -0.0301. The fourth-order valence-corrected chi connectivity index (χ4v) is 1.70. The summed E-state index contributed by atoms with van der Waals surface area (Å²) in [6.45, 7) is 4.18. The van der Waals surface area contributed by atoms with Gasteiger partial charge in [-0.05, 0) is 14.1 Å². The predicted octanol–water partition coefficient (Wildman–Crippen LogP) is -2.56. The van der Waals surface area contributed by atoms with Crippen LogP contribution >= 0.6 is 0 Å². The number of nitrogens with one attached hydrogen (secondary N) is 4. The molecule has 0 heterocycles. The highest BCUT2D eigenvalue weighted by molar-refractivity contribution is 6.09. The van der Waals surface area contributed by atoms with Crippen molar-refractivity contribution in [2.75, 3.05) is 40.3 Å². The molecule has 0 aromatic carbocycles. The van der Waals surface area contributed by atoms with Crippen molar-refractivity contribution in [1.29, 1.82) is 0 Å². The molecule has 0 radical (unpaired) electrons. The molecule has 0 bridgehead atoms. The van der Waals surface area contributed by atoms with Crippen molar-refractivity contribution in [3.63, 3.8) is 0 Å². The first-order valence-electron chi connectivity index (χ1n) is 6.54. The lowest BCUT2D eigenvalue weighted by atomic mass is 9.97. The molecule has 0 saturated heterocycles. The second kappa shape index (κ2) is 11.5. The normalized spacial score (nSPS) is 14.9. The Balaban J connectivity index is 3.37. The Labute approximate surface area is 103 Å². The van der Waals surface area contributed by atoms with Gasteiger partial charge in [-0.3, -0.25) is 0 Å². The monoisotopic (exact) mass is 226 g/mol. The van der Waals surface area contributed by atoms with Gasteiger partial charge in [0.2, 0.25) is 0 Å². The maximum Gasteiger partial charge on any atom is 0.103 e. The van der Waals surface area contributed by atoms with Crippen LogP contribution in [0.15, 0.2) is 0 Å². The third kappa shape index (κ3) is 8.16. The zero-order valence-corrected chi connectivity index (χ0v) is 11.4. The molecule has 0 aliphatic carbocycles. The van der Waals surface area contributed by atoms with Gasteiger partial charge in [0.1, 0.15) is 15.7 Å². The van der Waals surface area contributed by atoms with Crippen molar-refractivity contribution in [1.82, 2.24) is 21.3 Å². The molecule has 0 aromatic heterocycles. The second-order valence-corrected chi connectivity index (χ2v) is 4.21. The average Bonchev–Trinajstić information content (AvgIpc) is 2.32. The second-order valence-electron chi connectivity index (χ2n) is 4.21. The van der Waals surface area contributed by atoms with Gasteiger partial charge in [-0.25, -0.2) is 0 Å². The molecule has 94 valence electrons. The summed E-state index contributed by atoms with van der Waals surface area (Å²) in [6, 6.07) is 1.19. The Morgan fingerprint density at radius 3 is 2.12 bits per heavy atom. The van der Waals surface area contributed by atoms with E-state index in [4.69, 9.17) is 0 Å². The molecule has 4 nitrogen and oxygen atoms in total. The van der Waals surface area contributed by atoms with E-state index in [0.717, 1.165) is 26.2 Å². The molecule has 0 amide bonds. The predicted molar refractivity (Wildman–Crippen MR) is 78.1 cm³/mol. The van der Waals surface area contributed by atoms with Gasteiger partial charge in [-0.1, -0.05) is 12.6 Å². The van der Waals surface area contributed by atoms with Crippen LogP contribution in [0.4, 0.5) is 0 Å². The molecular weight excluding hydrogens is 198 g/mol. The van der Waals surface area contributed by atoms with Gasteiger partial charge >= 0.3 is 0 Å². The molecule has 16 heavy (non-hydrogen) atoms. The maximum atomic E-state index is 3.53. The zero-order valence-electron chi connectivity index (χ0n) is 11.4. The van der Waals surface area contributed by atoms with Crippen molar-refractivity contribution in [2.24, 2.45) is 0 Å². The summed E-state index contributed by atoms with van der Waals surface area (Å²) in [5.74, 6) is 0. The summed E-state index contributed by atoms with van der Waals surface area (Å²) < 4.78 is 0. The Morgan fingerprint density at radius 1 is 0.938 bits per heavy atom. The molecule has 6 heteroatoms. The fraction of sp³-hybridized carbons (Fsp3) is 1.00. The van der Waals surface area contributed by atoms with Crippen LogP contribution < -0.4 is 21.3 Å². The van der Waals surface area contributed by atoms with E-state index in [-0.39, 0.29) is 0 Å². The quantitative estimate of drug-likeness (QED) is 0.231. The maximum absolute atomic E-state index is 3.53. The minimum absolute atomic E-state index is 0.595. The van der Waals surface area contributed by atoms with E-state index < -0.39 is 0 Å². The van der Waals surface area contributed by atoms with Crippen molar-refractivity contribution in [3.8, 4) is 0 Å². The van der Waals surface area contributed by atoms with Gasteiger partial charge in [-0.15, -0.1) is 0 Å². The van der Waals surface area contributed by atoms with Crippen molar-refractivity contribution in [2.45, 2.75) is 24.7 Å². The zero-order chi connectivity index (χ0) is 12.2. The lowest BCUT2D eigenvalue weighted by Crippen LogP contribution is -2.42. The van der Waals surface area contributed by atoms with Gasteiger partial charge in [0.05, 0.1) is 0 Å². The van der Waals surface area contributed by atoms with Gasteiger partial charge in [0, 0.05) is 38.3 Å². The lowest BCUT2D eigenvalue weighted by molar-refractivity contribution is 0.490. The van der Waals surface area contributed by atoms with E-state index in [1.807, 2.05) is 14.1 Å². The van der Waals surface area contributed by atoms with Gasteiger partial charge in [-0.2, -0.15) is 0 Å². The van der Waals surface area contributed by atoms with Crippen molar-refractivity contribution in [3.05, 3.63) is 0 Å². The van der Waals surface area contributed by atoms with Crippen molar-refractivity contribution < 1.29 is 0 Å². The van der Waals surface area contributed by atoms with E-state index in [9.17, 15) is 0 Å². The first-order chi connectivity index (χ1) is 7.78. The average molecular weight is 226 g/mol. The summed E-state index contributed by atoms with van der Waals surface area (Å²) >= 11 is 0. The molecule has 0 spiro atoms. The SMILES string of the molecule is BCC(CNCCNC(CB)CNC)NC. The minimum Gasteiger partial charge on any atom is -0.318 e. The van der Waals surface area contributed by atoms with E-state index >= 15 is 0 Å². The highest BCUT2D eigenvalue weighted by Crippen LogP contribution is 1.86. The number of likely N-dealkylation sites (N-methyl/N-ethyl adjacent to an activating group) is 2. The molecule has 0 fully saturated rings. The van der Waals surface area contributed by atoms with Crippen LogP contribution in [0.2, 0.25) is 12.6 Å². The van der Waals surface area contributed by atoms with Crippen LogP contribution in [-0.2, 0) is 0 Å². The van der Waals surface area contributed by atoms with Crippen LogP contribution in [0, 0.1) is 0 Å². The first-order valence-corrected chi connectivity index (χ1v) is 6.54. The molecule has 0 rings (SSSR count). The van der Waals surface area contributed by atoms with E-state index in [1.165, 1.54) is 12.6 Å². The van der Waals surface area contributed by atoms with Crippen LogP contribution in [0.5, 0.6) is 0 Å². The van der Waals surface area contributed by atoms with Crippen LogP contribution in [0.1, 0.15) is 0 Å². The Kier molecular flexibility index (Phi) is 11.4. The molecule has 0 saturated carbocycles. The first kappa shape index (κ1) is 16.0. The summed E-state index contributed by atoms with van der Waals surface area (Å²) in [5, 5.41) is 13.5. The smallest absolute Gasteiger partial charge is 0.103 e. The van der Waals surface area contributed by atoms with Crippen LogP contribution in [0.3, 0.4) is 0 Å². The van der Waals surface area contributed by atoms with Gasteiger partial charge in [0.15, 0.2) is 0 Å². The van der Waals surface area contributed by atoms with Crippen LogP contribution in [0.25, 0.3) is 0 Å². The standard InChI is InChI=1S/C10H28B2N4/c1-13-7-10(6-12)16-4-3-15-8-9(5-11)14-2/h9-10,13-16H,3-8,11-12H2,1-2H3. The summed E-state index contributed by atoms with van der Waals surface area (Å²) in [4.78, 5) is 0. The fourth-order valence-electron chi connectivity index (χ4n) is 1.70. The molecule has 0 aliphatic rings. The summed E-state index contributed by atoms with van der Waals surface area (Å²) in [7, 11) is 8.45. The highest BCUT2D eigenvalue weighted by Gasteiger charge is 2.03. The third-order valence-electron chi connectivity index (χ3n) is 2.97. The van der Waals surface area contributed by atoms with Crippen LogP contribution in [-0.4, -0.2) is 68.1 Å². The van der Waals surface area contributed by atoms with E-state index in [0.29, 0.717) is 12.1 Å². The molecule has 2 unspecified atom stereocenters. The molecule has 2 atom stereocenters. The number of hydrogen-bond donors (Lipinski definition) is 4. The highest BCUT2D eigenvalue weighted by atomic mass is 15.0. The topological polar surface area (TPSA) is 48.1 Å². The summed E-state index contributed by atoms with van der Waals surface area (Å²) in [5.41, 5.74) is 0. The number of hydrogen-bond acceptors (Lipinski definition) is 4. The lowest BCUT2D eigenvalue weighted by Gasteiger charge is -2.18. The Morgan fingerprint density at radius 2 is 1.62 bits per heavy atom. The molecule has 0 aliphatic heterocycles. The Bertz CT molecular complexity index is 145. The van der Waals surface area contributed by atoms with E-state index in [2.05, 4.69) is 37.0 Å². The van der Waals surface area contributed by atoms with Gasteiger partial charge < -0.3 is 21.3 Å². The van der Waals surface area contributed by atoms with E-state index in [1.54, 1.807) is 0 Å². The minimum atomic E-state index is 0.595. The molecular formula is C10H28B2N4. The third-order valence-corrected chi connectivity index (χ3v) is 2.97. The van der Waals surface area contributed by atoms with Crippen molar-refractivity contribution >= 4 is 15.7 Å². The summed E-state index contributed by atoms with van der Waals surface area (Å²) in [6.07, 6.45) is 2.35. The number of rotatable bonds is 11. The van der Waals surface area contributed by atoms with Gasteiger partial charge in [0.25, 0.3) is 0 Å². The molecule has 4 N–H and O–H groups in total.